The van der Waals surface area contributed by atoms with Gasteiger partial charge in [0.05, 0.1) is 0 Å². The molecule has 0 saturated carbocycles. The second-order valence-electron chi connectivity index (χ2n) is 21.8. The average molecular weight is 983 g/mol. The van der Waals surface area contributed by atoms with E-state index in [4.69, 9.17) is 3.32 Å². The molecule has 0 spiro atoms. The summed E-state index contributed by atoms with van der Waals surface area (Å²) in [6.45, 7) is 25.0. The number of hydrogen-bond acceptors (Lipinski definition) is 4. The molecule has 0 bridgehead atoms. The first-order valence-electron chi connectivity index (χ1n) is 32.0. The summed E-state index contributed by atoms with van der Waals surface area (Å²) in [4.78, 5) is 0. The second kappa shape index (κ2) is 55.9. The summed E-state index contributed by atoms with van der Waals surface area (Å²) in [5.74, 6) is 0. The maximum absolute atomic E-state index is 7.92. The van der Waals surface area contributed by atoms with Crippen LogP contribution in [0.1, 0.15) is 357 Å². The normalized spacial score (nSPS) is 12.3. The minimum absolute atomic E-state index is 0.877. The molecule has 0 aromatic carbocycles. The number of rotatable bonds is 59. The zero-order chi connectivity index (χ0) is 48.8. The van der Waals surface area contributed by atoms with E-state index in [1.54, 1.807) is 0 Å². The Morgan fingerprint density at radius 1 is 0.194 bits per heavy atom. The summed E-state index contributed by atoms with van der Waals surface area (Å²) in [5.41, 5.74) is 0. The molecule has 0 saturated heterocycles. The molecule has 0 amide bonds. The Bertz CT molecular complexity index is 736. The third kappa shape index (κ3) is 40.7. The van der Waals surface area contributed by atoms with Crippen molar-refractivity contribution in [2.45, 2.75) is 357 Å². The van der Waals surface area contributed by atoms with Crippen LogP contribution in [0.25, 0.3) is 0 Å². The molecule has 0 aliphatic carbocycles. The Balaban J connectivity index is 6.99. The predicted molar refractivity (Wildman–Crippen MR) is 302 cm³/mol. The van der Waals surface area contributed by atoms with E-state index in [9.17, 15) is 0 Å². The van der Waals surface area contributed by atoms with Crippen molar-refractivity contribution in [1.82, 2.24) is 10.1 Å². The van der Waals surface area contributed by atoms with Gasteiger partial charge in [0, 0.05) is 0 Å². The van der Waals surface area contributed by atoms with Gasteiger partial charge in [0.15, 0.2) is 0 Å². The van der Waals surface area contributed by atoms with Crippen molar-refractivity contribution in [3.8, 4) is 0 Å². The van der Waals surface area contributed by atoms with Crippen LogP contribution in [0.5, 0.6) is 0 Å². The Hall–Kier alpha value is 0.554. The van der Waals surface area contributed by atoms with Gasteiger partial charge in [-0.15, -0.1) is 0 Å². The first-order chi connectivity index (χ1) is 33.1. The average Bonchev–Trinajstić information content (AvgIpc) is 3.33. The molecule has 0 rings (SSSR count). The van der Waals surface area contributed by atoms with Crippen LogP contribution < -0.4 is 0 Å². The Kier molecular flexibility index (Phi) is 56.3. The van der Waals surface area contributed by atoms with Crippen LogP contribution in [0.15, 0.2) is 0 Å². The molecular formula is C62H131N3OTi. The molecule has 0 aromatic rings. The number of nitrogens with zero attached hydrogens (tertiary/aromatic N) is 3. The number of hydrogen-bond donors (Lipinski definition) is 0. The molecule has 0 atom stereocenters. The van der Waals surface area contributed by atoms with Crippen LogP contribution in [-0.2, 0) is 21.1 Å². The minimum atomic E-state index is -3.49. The summed E-state index contributed by atoms with van der Waals surface area (Å²) in [6, 6.07) is 0. The summed E-state index contributed by atoms with van der Waals surface area (Å²) in [6.07, 6.45) is 67.5. The van der Waals surface area contributed by atoms with Gasteiger partial charge in [-0.1, -0.05) is 0 Å². The van der Waals surface area contributed by atoms with Gasteiger partial charge < -0.3 is 0 Å². The van der Waals surface area contributed by atoms with Crippen molar-refractivity contribution in [2.75, 3.05) is 45.9 Å². The third-order valence-corrected chi connectivity index (χ3v) is 22.3. The molecule has 0 N–H and O–H groups in total. The number of unbranched alkanes of at least 4 members (excludes halogenated alkanes) is 42. The molecule has 404 valence electrons. The van der Waals surface area contributed by atoms with E-state index in [1.807, 2.05) is 0 Å². The molecule has 4 nitrogen and oxygen atoms in total. The summed E-state index contributed by atoms with van der Waals surface area (Å²) in [7, 11) is 0. The van der Waals surface area contributed by atoms with Crippen LogP contribution in [0.2, 0.25) is 0 Å². The Morgan fingerprint density at radius 3 is 0.463 bits per heavy atom. The second-order valence-corrected chi connectivity index (χ2v) is 27.0. The van der Waals surface area contributed by atoms with Crippen molar-refractivity contribution < 1.29 is 21.1 Å². The van der Waals surface area contributed by atoms with E-state index in [1.165, 1.54) is 347 Å². The zero-order valence-electron chi connectivity index (χ0n) is 48.1. The van der Waals surface area contributed by atoms with Crippen LogP contribution in [-0.4, -0.2) is 56.0 Å². The van der Waals surface area contributed by atoms with Gasteiger partial charge in [0.1, 0.15) is 0 Å². The molecule has 5 heteroatoms. The van der Waals surface area contributed by atoms with Crippen molar-refractivity contribution in [3.05, 3.63) is 0 Å². The molecular weight excluding hydrogens is 851 g/mol. The molecule has 67 heavy (non-hydrogen) atoms. The standard InChI is InChI=1S/3C20H42N.C2H5O.Ti/c3*1-3-5-7-9-11-13-15-17-19-21-20-18-16-14-12-10-8-6-4-2;1-2-3;/h3*3-20H2,1-2H3;2H2,1H3;/q4*-1;+4. The molecule has 0 heterocycles. The Morgan fingerprint density at radius 2 is 0.328 bits per heavy atom. The van der Waals surface area contributed by atoms with Gasteiger partial charge >= 0.3 is 434 Å². The first kappa shape index (κ1) is 67.6. The third-order valence-electron chi connectivity index (χ3n) is 15.3. The van der Waals surface area contributed by atoms with Gasteiger partial charge in [0.25, 0.3) is 0 Å². The van der Waals surface area contributed by atoms with Crippen LogP contribution >= 0.6 is 0 Å². The van der Waals surface area contributed by atoms with E-state index in [2.05, 4.69) is 58.6 Å². The van der Waals surface area contributed by atoms with E-state index >= 15 is 0 Å². The molecule has 0 aliphatic heterocycles. The molecule has 0 aliphatic rings. The van der Waals surface area contributed by atoms with Crippen LogP contribution in [0.4, 0.5) is 0 Å². The van der Waals surface area contributed by atoms with Gasteiger partial charge in [-0.05, 0) is 0 Å². The quantitative estimate of drug-likeness (QED) is 0.0446. The summed E-state index contributed by atoms with van der Waals surface area (Å²) in [5, 5.41) is 0. The van der Waals surface area contributed by atoms with Crippen molar-refractivity contribution in [3.63, 3.8) is 0 Å². The van der Waals surface area contributed by atoms with Crippen molar-refractivity contribution >= 4 is 0 Å². The van der Waals surface area contributed by atoms with Gasteiger partial charge in [-0.2, -0.15) is 0 Å². The SMILES string of the molecule is CCCCCCCCCC[N](CCCCCCCCCC)[Ti]([O]CC)([N](CCCCCCCCCC)CCCCCCCCCC)[N](CCCCCCCCCC)CCCCCCCCCC. The van der Waals surface area contributed by atoms with Crippen LogP contribution in [0, 0.1) is 0 Å². The Labute approximate surface area is 431 Å². The van der Waals surface area contributed by atoms with E-state index in [-0.39, 0.29) is 0 Å². The summed E-state index contributed by atoms with van der Waals surface area (Å²) < 4.78 is 17.5. The molecule has 0 radical (unpaired) electrons. The fourth-order valence-corrected chi connectivity index (χ4v) is 18.4. The summed E-state index contributed by atoms with van der Waals surface area (Å²) >= 11 is -3.49. The van der Waals surface area contributed by atoms with Crippen molar-refractivity contribution in [2.24, 2.45) is 0 Å². The van der Waals surface area contributed by atoms with E-state index in [0.29, 0.717) is 0 Å². The van der Waals surface area contributed by atoms with Gasteiger partial charge in [-0.3, -0.25) is 0 Å². The van der Waals surface area contributed by atoms with Gasteiger partial charge in [-0.25, -0.2) is 0 Å². The maximum atomic E-state index is 7.92. The fourth-order valence-electron chi connectivity index (χ4n) is 10.9. The van der Waals surface area contributed by atoms with E-state index < -0.39 is 17.7 Å². The topological polar surface area (TPSA) is 19.0 Å². The first-order valence-corrected chi connectivity index (χ1v) is 34.7. The molecule has 0 fully saturated rings. The predicted octanol–water partition coefficient (Wildman–Crippen LogP) is 21.6. The van der Waals surface area contributed by atoms with Crippen molar-refractivity contribution in [1.29, 1.82) is 0 Å². The molecule has 0 aromatic heterocycles. The zero-order valence-corrected chi connectivity index (χ0v) is 49.7. The van der Waals surface area contributed by atoms with Crippen LogP contribution in [0.3, 0.4) is 0 Å². The van der Waals surface area contributed by atoms with Gasteiger partial charge in [0.2, 0.25) is 0 Å². The monoisotopic (exact) mass is 982 g/mol. The fraction of sp³-hybridized carbons (Fsp3) is 1.00. The molecule has 0 unspecified atom stereocenters. The van der Waals surface area contributed by atoms with E-state index in [0.717, 1.165) is 6.61 Å².